The molecule has 1 unspecified atom stereocenters. The van der Waals surface area contributed by atoms with E-state index < -0.39 is 0 Å². The van der Waals surface area contributed by atoms with Crippen LogP contribution in [0.4, 0.5) is 5.00 Å². The molecule has 0 fully saturated rings. The van der Waals surface area contributed by atoms with E-state index in [9.17, 15) is 10.1 Å². The van der Waals surface area contributed by atoms with E-state index in [-0.39, 0.29) is 23.0 Å². The summed E-state index contributed by atoms with van der Waals surface area (Å²) in [5.74, 6) is 1.81. The van der Waals surface area contributed by atoms with Crippen LogP contribution >= 0.6 is 23.1 Å². The van der Waals surface area contributed by atoms with E-state index in [1.807, 2.05) is 10.6 Å². The predicted octanol–water partition coefficient (Wildman–Crippen LogP) is 5.79. The van der Waals surface area contributed by atoms with Gasteiger partial charge in [-0.05, 0) is 36.2 Å². The maximum absolute atomic E-state index is 12.7. The number of nitrogens with zero attached hydrogens (tertiary/aromatic N) is 4. The van der Waals surface area contributed by atoms with Crippen LogP contribution in [0.3, 0.4) is 0 Å². The number of aromatic nitrogens is 3. The number of nitriles is 1. The van der Waals surface area contributed by atoms with E-state index in [1.54, 1.807) is 11.3 Å². The van der Waals surface area contributed by atoms with Crippen molar-refractivity contribution in [3.63, 3.8) is 0 Å². The van der Waals surface area contributed by atoms with Gasteiger partial charge in [0.25, 0.3) is 0 Å². The molecule has 6 nitrogen and oxygen atoms in total. The highest BCUT2D eigenvalue weighted by Crippen LogP contribution is 2.45. The zero-order chi connectivity index (χ0) is 23.5. The number of carbonyl (C=O) groups is 1. The summed E-state index contributed by atoms with van der Waals surface area (Å²) < 4.78 is 2.00. The molecule has 8 heteroatoms. The van der Waals surface area contributed by atoms with Crippen molar-refractivity contribution in [1.29, 1.82) is 5.26 Å². The Labute approximate surface area is 199 Å². The molecule has 1 N–H and O–H groups in total. The topological polar surface area (TPSA) is 83.6 Å². The van der Waals surface area contributed by atoms with Crippen LogP contribution in [-0.4, -0.2) is 26.4 Å². The summed E-state index contributed by atoms with van der Waals surface area (Å²) in [6.45, 7) is 15.5. The molecule has 0 radical (unpaired) electrons. The number of rotatable bonds is 9. The number of anilines is 1. The van der Waals surface area contributed by atoms with Crippen LogP contribution in [0, 0.1) is 22.7 Å². The minimum absolute atomic E-state index is 0.130. The summed E-state index contributed by atoms with van der Waals surface area (Å²) in [6.07, 6.45) is 5.94. The molecule has 3 rings (SSSR count). The number of hydrogen-bond acceptors (Lipinski definition) is 6. The van der Waals surface area contributed by atoms with Crippen LogP contribution in [-0.2, 0) is 24.2 Å². The third kappa shape index (κ3) is 5.10. The van der Waals surface area contributed by atoms with Crippen molar-refractivity contribution in [2.24, 2.45) is 11.3 Å². The molecule has 0 spiro atoms. The molecular formula is C24H33N5OS2. The Morgan fingerprint density at radius 2 is 2.22 bits per heavy atom. The monoisotopic (exact) mass is 471 g/mol. The van der Waals surface area contributed by atoms with E-state index in [1.165, 1.54) is 16.6 Å². The van der Waals surface area contributed by atoms with Gasteiger partial charge in [-0.15, -0.1) is 28.1 Å². The van der Waals surface area contributed by atoms with Crippen molar-refractivity contribution in [2.45, 2.75) is 77.9 Å². The second-order valence-electron chi connectivity index (χ2n) is 9.33. The average molecular weight is 472 g/mol. The minimum Gasteiger partial charge on any atom is -0.316 e. The average Bonchev–Trinajstić information content (AvgIpc) is 3.32. The van der Waals surface area contributed by atoms with Gasteiger partial charge in [0.15, 0.2) is 5.16 Å². The Balaban J connectivity index is 1.71. The van der Waals surface area contributed by atoms with Crippen LogP contribution < -0.4 is 5.32 Å². The Kier molecular flexibility index (Phi) is 7.84. The van der Waals surface area contributed by atoms with Crippen LogP contribution in [0.15, 0.2) is 17.8 Å². The zero-order valence-corrected chi connectivity index (χ0v) is 21.3. The first kappa shape index (κ1) is 24.5. The minimum atomic E-state index is -0.130. The van der Waals surface area contributed by atoms with Gasteiger partial charge in [-0.25, -0.2) is 0 Å². The number of amides is 1. The van der Waals surface area contributed by atoms with Crippen LogP contribution in [0.2, 0.25) is 0 Å². The second kappa shape index (κ2) is 10.2. The molecular weight excluding hydrogens is 438 g/mol. The van der Waals surface area contributed by atoms with Gasteiger partial charge >= 0.3 is 0 Å². The van der Waals surface area contributed by atoms with E-state index in [0.29, 0.717) is 28.2 Å². The number of allylic oxidation sites excluding steroid dienone is 1. The van der Waals surface area contributed by atoms with Gasteiger partial charge in [0.1, 0.15) is 16.9 Å². The lowest BCUT2D eigenvalue weighted by Crippen LogP contribution is -2.28. The summed E-state index contributed by atoms with van der Waals surface area (Å²) in [4.78, 5) is 14.0. The number of thiophene rings is 1. The predicted molar refractivity (Wildman–Crippen MR) is 132 cm³/mol. The largest absolute Gasteiger partial charge is 0.316 e. The maximum Gasteiger partial charge on any atom is 0.235 e. The third-order valence-electron chi connectivity index (χ3n) is 6.55. The standard InChI is InChI=1S/C24H33N5OS2/c1-7-11-29-21(15(3)4)27-28-23(29)31-14-20(30)26-22-18(13-25)17-10-9-16(12-19(17)32-22)24(5,6)8-2/h7,15-16H,1,8-12,14H2,2-6H3,(H,26,30). The summed E-state index contributed by atoms with van der Waals surface area (Å²) >= 11 is 2.93. The number of thioether (sulfide) groups is 1. The van der Waals surface area contributed by atoms with Gasteiger partial charge < -0.3 is 9.88 Å². The normalized spacial score (nSPS) is 16.0. The lowest BCUT2D eigenvalue weighted by molar-refractivity contribution is -0.113. The van der Waals surface area contributed by atoms with Crippen molar-refractivity contribution in [3.8, 4) is 6.07 Å². The molecule has 0 bridgehead atoms. The fourth-order valence-electron chi connectivity index (χ4n) is 4.18. The smallest absolute Gasteiger partial charge is 0.235 e. The van der Waals surface area contributed by atoms with Crippen molar-refractivity contribution < 1.29 is 4.79 Å². The molecule has 0 saturated heterocycles. The maximum atomic E-state index is 12.7. The molecule has 1 amide bonds. The summed E-state index contributed by atoms with van der Waals surface area (Å²) in [7, 11) is 0. The molecule has 0 aromatic carbocycles. The van der Waals surface area contributed by atoms with Crippen molar-refractivity contribution in [3.05, 3.63) is 34.5 Å². The first-order chi connectivity index (χ1) is 15.2. The van der Waals surface area contributed by atoms with Crippen molar-refractivity contribution in [2.75, 3.05) is 11.1 Å². The molecule has 2 aromatic heterocycles. The van der Waals surface area contributed by atoms with Gasteiger partial charge in [0.05, 0.1) is 11.3 Å². The van der Waals surface area contributed by atoms with E-state index >= 15 is 0 Å². The highest BCUT2D eigenvalue weighted by atomic mass is 32.2. The molecule has 2 heterocycles. The Hall–Kier alpha value is -2.11. The first-order valence-electron chi connectivity index (χ1n) is 11.2. The highest BCUT2D eigenvalue weighted by molar-refractivity contribution is 7.99. The molecule has 32 heavy (non-hydrogen) atoms. The van der Waals surface area contributed by atoms with Gasteiger partial charge in [-0.1, -0.05) is 58.9 Å². The SMILES string of the molecule is C=CCn1c(SCC(=O)Nc2sc3c(c2C#N)CCC(C(C)(C)CC)C3)nnc1C(C)C. The molecule has 172 valence electrons. The Morgan fingerprint density at radius 1 is 1.47 bits per heavy atom. The van der Waals surface area contributed by atoms with Crippen molar-refractivity contribution >= 4 is 34.0 Å². The number of nitrogens with one attached hydrogen (secondary N) is 1. The van der Waals surface area contributed by atoms with E-state index in [2.05, 4.69) is 62.8 Å². The summed E-state index contributed by atoms with van der Waals surface area (Å²) in [6, 6.07) is 2.34. The van der Waals surface area contributed by atoms with Crippen LogP contribution in [0.1, 0.15) is 75.2 Å². The Morgan fingerprint density at radius 3 is 2.84 bits per heavy atom. The molecule has 2 aromatic rings. The second-order valence-corrected chi connectivity index (χ2v) is 11.4. The van der Waals surface area contributed by atoms with Gasteiger partial charge in [-0.2, -0.15) is 5.26 Å². The zero-order valence-electron chi connectivity index (χ0n) is 19.7. The summed E-state index contributed by atoms with van der Waals surface area (Å²) in [5, 5.41) is 22.7. The van der Waals surface area contributed by atoms with Gasteiger partial charge in [0, 0.05) is 17.3 Å². The number of fused-ring (bicyclic) bond motifs is 1. The quantitative estimate of drug-likeness (QED) is 0.369. The lowest BCUT2D eigenvalue weighted by atomic mass is 9.69. The van der Waals surface area contributed by atoms with Crippen LogP contribution in [0.5, 0.6) is 0 Å². The highest BCUT2D eigenvalue weighted by Gasteiger charge is 2.34. The third-order valence-corrected chi connectivity index (χ3v) is 8.69. The van der Waals surface area contributed by atoms with E-state index in [4.69, 9.17) is 0 Å². The molecule has 1 aliphatic rings. The fraction of sp³-hybridized carbons (Fsp3) is 0.583. The molecule has 0 saturated carbocycles. The fourth-order valence-corrected chi connectivity index (χ4v) is 6.22. The van der Waals surface area contributed by atoms with Gasteiger partial charge in [0.2, 0.25) is 5.91 Å². The molecule has 1 atom stereocenters. The number of hydrogen-bond donors (Lipinski definition) is 1. The number of carbonyl (C=O) groups excluding carboxylic acids is 1. The summed E-state index contributed by atoms with van der Waals surface area (Å²) in [5.41, 5.74) is 2.06. The Bertz CT molecular complexity index is 1030. The molecule has 0 aliphatic heterocycles. The lowest BCUT2D eigenvalue weighted by Gasteiger charge is -2.36. The first-order valence-corrected chi connectivity index (χ1v) is 13.0. The van der Waals surface area contributed by atoms with Crippen LogP contribution in [0.25, 0.3) is 0 Å². The van der Waals surface area contributed by atoms with Gasteiger partial charge in [-0.3, -0.25) is 4.79 Å². The molecule has 1 aliphatic carbocycles. The van der Waals surface area contributed by atoms with Crippen molar-refractivity contribution in [1.82, 2.24) is 14.8 Å². The van der Waals surface area contributed by atoms with E-state index in [0.717, 1.165) is 37.1 Å².